The molecule has 0 fully saturated rings. The average molecular weight is 175 g/mol. The van der Waals surface area contributed by atoms with E-state index in [0.29, 0.717) is 5.92 Å². The predicted octanol–water partition coefficient (Wildman–Crippen LogP) is 3.50. The topological polar surface area (TPSA) is 12.4 Å². The molecular weight excluding hydrogens is 158 g/mol. The molecule has 0 aromatic rings. The highest BCUT2D eigenvalue weighted by molar-refractivity contribution is 5.78. The molecule has 1 unspecified atom stereocenters. The fraction of sp³-hybridized carbons (Fsp3) is 0.417. The van der Waals surface area contributed by atoms with Crippen molar-refractivity contribution in [3.8, 4) is 0 Å². The molecule has 0 saturated carbocycles. The van der Waals surface area contributed by atoms with E-state index >= 15 is 0 Å². The van der Waals surface area contributed by atoms with E-state index in [4.69, 9.17) is 0 Å². The second kappa shape index (κ2) is 4.80. The molecule has 0 aromatic carbocycles. The Bertz CT molecular complexity index is 258. The van der Waals surface area contributed by atoms with E-state index in [1.165, 1.54) is 18.4 Å². The van der Waals surface area contributed by atoms with Crippen molar-refractivity contribution in [3.05, 3.63) is 36.6 Å². The molecule has 1 nitrogen and oxygen atoms in total. The van der Waals surface area contributed by atoms with Crippen molar-refractivity contribution >= 4 is 6.21 Å². The predicted molar refractivity (Wildman–Crippen MR) is 58.9 cm³/mol. The zero-order valence-corrected chi connectivity index (χ0v) is 8.29. The number of hydrogen-bond acceptors (Lipinski definition) is 1. The van der Waals surface area contributed by atoms with E-state index < -0.39 is 0 Å². The lowest BCUT2D eigenvalue weighted by molar-refractivity contribution is 0.592. The summed E-state index contributed by atoms with van der Waals surface area (Å²) in [7, 11) is 0. The summed E-state index contributed by atoms with van der Waals surface area (Å²) in [5, 5.41) is 0. The van der Waals surface area contributed by atoms with Gasteiger partial charge in [0.1, 0.15) is 0 Å². The molecule has 1 heteroatoms. The van der Waals surface area contributed by atoms with Gasteiger partial charge in [-0.15, -0.1) is 0 Å². The van der Waals surface area contributed by atoms with Crippen molar-refractivity contribution in [3.63, 3.8) is 0 Å². The first-order valence-corrected chi connectivity index (χ1v) is 4.76. The largest absolute Gasteiger partial charge is 0.264 e. The number of nitrogens with zero attached hydrogens (tertiary/aromatic N) is 1. The van der Waals surface area contributed by atoms with Crippen molar-refractivity contribution < 1.29 is 0 Å². The fourth-order valence-electron chi connectivity index (χ4n) is 1.34. The average Bonchev–Trinajstić information content (AvgIpc) is 2.11. The van der Waals surface area contributed by atoms with Crippen molar-refractivity contribution in [1.29, 1.82) is 0 Å². The van der Waals surface area contributed by atoms with Gasteiger partial charge in [-0.2, -0.15) is 0 Å². The fourth-order valence-corrected chi connectivity index (χ4v) is 1.34. The molecule has 0 saturated heterocycles. The van der Waals surface area contributed by atoms with Gasteiger partial charge < -0.3 is 0 Å². The maximum Gasteiger partial charge on any atom is 0.0293 e. The van der Waals surface area contributed by atoms with E-state index in [0.717, 1.165) is 12.0 Å². The van der Waals surface area contributed by atoms with Gasteiger partial charge >= 0.3 is 0 Å². The van der Waals surface area contributed by atoms with Crippen LogP contribution in [0.1, 0.15) is 26.2 Å². The van der Waals surface area contributed by atoms with Crippen LogP contribution in [-0.2, 0) is 0 Å². The van der Waals surface area contributed by atoms with E-state index in [-0.39, 0.29) is 0 Å². The summed E-state index contributed by atoms with van der Waals surface area (Å²) in [6, 6.07) is 0. The molecular formula is C12H17N. The van der Waals surface area contributed by atoms with Crippen LogP contribution in [0.2, 0.25) is 0 Å². The quantitative estimate of drug-likeness (QED) is 0.534. The maximum absolute atomic E-state index is 4.13. The Hall–Kier alpha value is -1.11. The number of allylic oxidation sites excluding steroid dienone is 3. The van der Waals surface area contributed by atoms with Gasteiger partial charge in [0.15, 0.2) is 0 Å². The summed E-state index contributed by atoms with van der Waals surface area (Å²) in [6.45, 7) is 10.1. The Kier molecular flexibility index (Phi) is 3.69. The summed E-state index contributed by atoms with van der Waals surface area (Å²) >= 11 is 0. The van der Waals surface area contributed by atoms with Crippen molar-refractivity contribution in [2.75, 3.05) is 0 Å². The number of aliphatic imine (C=N–C) groups is 1. The first kappa shape index (κ1) is 9.97. The molecule has 1 rings (SSSR count). The van der Waals surface area contributed by atoms with Crippen LogP contribution in [0.4, 0.5) is 0 Å². The van der Waals surface area contributed by atoms with Crippen LogP contribution in [0.15, 0.2) is 41.6 Å². The van der Waals surface area contributed by atoms with Gasteiger partial charge in [-0.1, -0.05) is 25.7 Å². The zero-order chi connectivity index (χ0) is 9.68. The van der Waals surface area contributed by atoms with Gasteiger partial charge in [-0.25, -0.2) is 0 Å². The van der Waals surface area contributed by atoms with Crippen LogP contribution in [0.25, 0.3) is 0 Å². The van der Waals surface area contributed by atoms with Crippen LogP contribution in [0.5, 0.6) is 0 Å². The van der Waals surface area contributed by atoms with Crippen LogP contribution < -0.4 is 0 Å². The highest BCUT2D eigenvalue weighted by atomic mass is 14.7. The molecule has 0 N–H and O–H groups in total. The zero-order valence-electron chi connectivity index (χ0n) is 8.29. The second-order valence-electron chi connectivity index (χ2n) is 3.62. The van der Waals surface area contributed by atoms with Crippen LogP contribution in [0.3, 0.4) is 0 Å². The lowest BCUT2D eigenvalue weighted by atomic mass is 9.95. The lowest BCUT2D eigenvalue weighted by Gasteiger charge is -2.11. The van der Waals surface area contributed by atoms with E-state index in [1.807, 2.05) is 12.3 Å². The monoisotopic (exact) mass is 175 g/mol. The molecule has 1 atom stereocenters. The normalized spacial score (nSPS) is 27.3. The van der Waals surface area contributed by atoms with Gasteiger partial charge in [-0.05, 0) is 36.8 Å². The molecule has 1 aliphatic heterocycles. The van der Waals surface area contributed by atoms with Gasteiger partial charge in [0.05, 0.1) is 0 Å². The molecule has 0 aromatic heterocycles. The maximum atomic E-state index is 4.13. The molecule has 0 radical (unpaired) electrons. The van der Waals surface area contributed by atoms with Gasteiger partial charge in [0, 0.05) is 12.4 Å². The van der Waals surface area contributed by atoms with Crippen LogP contribution >= 0.6 is 0 Å². The summed E-state index contributed by atoms with van der Waals surface area (Å²) < 4.78 is 0. The number of hydrogen-bond donors (Lipinski definition) is 0. The minimum Gasteiger partial charge on any atom is -0.264 e. The Balaban J connectivity index is 2.69. The third kappa shape index (κ3) is 3.41. The third-order valence-corrected chi connectivity index (χ3v) is 2.40. The SMILES string of the molecule is C=C1C=N/C=C\C(=C)C(C)CCC1. The first-order valence-electron chi connectivity index (χ1n) is 4.76. The summed E-state index contributed by atoms with van der Waals surface area (Å²) in [6.07, 6.45) is 9.04. The van der Waals surface area contributed by atoms with E-state index in [2.05, 4.69) is 25.1 Å². The lowest BCUT2D eigenvalue weighted by Crippen LogP contribution is -1.98. The van der Waals surface area contributed by atoms with Crippen molar-refractivity contribution in [2.45, 2.75) is 26.2 Å². The molecule has 1 heterocycles. The minimum atomic E-state index is 0.567. The van der Waals surface area contributed by atoms with Crippen molar-refractivity contribution in [1.82, 2.24) is 0 Å². The standard InChI is InChI=1S/C12H17N/c1-10-5-4-6-11(2)12(3)7-8-13-9-10/h7-9,11H,1,3-6H2,2H3/b8-7-,13-9?. The smallest absolute Gasteiger partial charge is 0.0293 e. The highest BCUT2D eigenvalue weighted by Crippen LogP contribution is 2.19. The molecule has 0 bridgehead atoms. The summed E-state index contributed by atoms with van der Waals surface area (Å²) in [5.41, 5.74) is 2.29. The van der Waals surface area contributed by atoms with Crippen LogP contribution in [-0.4, -0.2) is 6.21 Å². The Morgan fingerprint density at radius 3 is 3.00 bits per heavy atom. The minimum absolute atomic E-state index is 0.567. The molecule has 0 aliphatic carbocycles. The Labute approximate surface area is 80.6 Å². The summed E-state index contributed by atoms with van der Waals surface area (Å²) in [4.78, 5) is 4.13. The molecule has 13 heavy (non-hydrogen) atoms. The van der Waals surface area contributed by atoms with Gasteiger partial charge in [0.25, 0.3) is 0 Å². The summed E-state index contributed by atoms with van der Waals surface area (Å²) in [5.74, 6) is 0.567. The van der Waals surface area contributed by atoms with Gasteiger partial charge in [-0.3, -0.25) is 4.99 Å². The van der Waals surface area contributed by atoms with E-state index in [9.17, 15) is 0 Å². The van der Waals surface area contributed by atoms with E-state index in [1.54, 1.807) is 6.20 Å². The second-order valence-corrected chi connectivity index (χ2v) is 3.62. The third-order valence-electron chi connectivity index (χ3n) is 2.40. The molecule has 70 valence electrons. The van der Waals surface area contributed by atoms with Crippen molar-refractivity contribution in [2.24, 2.45) is 10.9 Å². The first-order chi connectivity index (χ1) is 6.20. The van der Waals surface area contributed by atoms with Gasteiger partial charge in [0.2, 0.25) is 0 Å². The van der Waals surface area contributed by atoms with Crippen LogP contribution in [0, 0.1) is 5.92 Å². The molecule has 1 aliphatic rings. The molecule has 0 amide bonds. The Morgan fingerprint density at radius 1 is 1.46 bits per heavy atom. The molecule has 0 spiro atoms. The highest BCUT2D eigenvalue weighted by Gasteiger charge is 2.04. The Morgan fingerprint density at radius 2 is 2.23 bits per heavy atom. The number of rotatable bonds is 0.